The summed E-state index contributed by atoms with van der Waals surface area (Å²) in [5.41, 5.74) is 7.20. The van der Waals surface area contributed by atoms with Gasteiger partial charge in [-0.15, -0.1) is 0 Å². The molecule has 21 heavy (non-hydrogen) atoms. The van der Waals surface area contributed by atoms with E-state index in [2.05, 4.69) is 5.43 Å². The third-order valence-corrected chi connectivity index (χ3v) is 2.71. The molecular formula is C13H17N3O5. The second-order valence-electron chi connectivity index (χ2n) is 4.22. The number of carbonyl (C=O) groups excluding carboxylic acids is 1. The van der Waals surface area contributed by atoms with Crippen molar-refractivity contribution < 1.29 is 24.6 Å². The van der Waals surface area contributed by atoms with Crippen LogP contribution in [0.15, 0.2) is 24.3 Å². The average Bonchev–Trinajstić information content (AvgIpc) is 2.46. The minimum Gasteiger partial charge on any atom is -0.478 e. The first-order valence-corrected chi connectivity index (χ1v) is 6.31. The quantitative estimate of drug-likeness (QED) is 0.452. The number of carbonyl (C=O) groups is 3. The Morgan fingerprint density at radius 1 is 1.10 bits per heavy atom. The molecule has 0 fully saturated rings. The number of benzene rings is 1. The predicted octanol–water partition coefficient (Wildman–Crippen LogP) is 0.748. The smallest absolute Gasteiger partial charge is 0.426 e. The maximum Gasteiger partial charge on any atom is 0.426 e. The first-order valence-electron chi connectivity index (χ1n) is 6.31. The van der Waals surface area contributed by atoms with Gasteiger partial charge >= 0.3 is 12.1 Å². The normalized spacial score (nSPS) is 9.95. The van der Waals surface area contributed by atoms with Crippen molar-refractivity contribution in [3.63, 3.8) is 0 Å². The SMILES string of the molecule is NCCCCN(NC(=O)c1ccccc1C(=O)O)C(=O)O. The summed E-state index contributed by atoms with van der Waals surface area (Å²) in [6.07, 6.45) is -0.220. The van der Waals surface area contributed by atoms with Gasteiger partial charge in [-0.3, -0.25) is 10.2 Å². The number of amides is 2. The minimum absolute atomic E-state index is 0.0769. The van der Waals surface area contributed by atoms with E-state index in [1.807, 2.05) is 0 Å². The zero-order valence-electron chi connectivity index (χ0n) is 11.3. The van der Waals surface area contributed by atoms with E-state index < -0.39 is 18.0 Å². The maximum absolute atomic E-state index is 12.0. The van der Waals surface area contributed by atoms with Crippen LogP contribution in [-0.2, 0) is 0 Å². The lowest BCUT2D eigenvalue weighted by atomic mass is 10.1. The highest BCUT2D eigenvalue weighted by Gasteiger charge is 2.20. The molecule has 0 bridgehead atoms. The minimum atomic E-state index is -1.33. The molecule has 8 heteroatoms. The summed E-state index contributed by atoms with van der Waals surface area (Å²) in [4.78, 5) is 34.1. The number of hydrogen-bond acceptors (Lipinski definition) is 4. The van der Waals surface area contributed by atoms with Crippen LogP contribution in [-0.4, -0.2) is 46.3 Å². The van der Waals surface area contributed by atoms with E-state index in [1.165, 1.54) is 24.3 Å². The molecule has 1 aromatic carbocycles. The van der Waals surface area contributed by atoms with Gasteiger partial charge in [-0.05, 0) is 31.5 Å². The number of hydrazine groups is 1. The summed E-state index contributed by atoms with van der Waals surface area (Å²) in [7, 11) is 0. The van der Waals surface area contributed by atoms with Gasteiger partial charge in [-0.2, -0.15) is 0 Å². The van der Waals surface area contributed by atoms with Crippen LogP contribution in [0.1, 0.15) is 33.6 Å². The maximum atomic E-state index is 12.0. The van der Waals surface area contributed by atoms with Crippen molar-refractivity contribution in [3.8, 4) is 0 Å². The Balaban J connectivity index is 2.82. The zero-order chi connectivity index (χ0) is 15.8. The molecular weight excluding hydrogens is 278 g/mol. The van der Waals surface area contributed by atoms with E-state index in [4.69, 9.17) is 15.9 Å². The van der Waals surface area contributed by atoms with Crippen molar-refractivity contribution in [2.45, 2.75) is 12.8 Å². The largest absolute Gasteiger partial charge is 0.478 e. The second-order valence-corrected chi connectivity index (χ2v) is 4.22. The van der Waals surface area contributed by atoms with Gasteiger partial charge < -0.3 is 15.9 Å². The van der Waals surface area contributed by atoms with E-state index in [1.54, 1.807) is 0 Å². The van der Waals surface area contributed by atoms with Gasteiger partial charge in [0.05, 0.1) is 11.1 Å². The summed E-state index contributed by atoms with van der Waals surface area (Å²) in [6.45, 7) is 0.497. The molecule has 1 aromatic rings. The zero-order valence-corrected chi connectivity index (χ0v) is 11.3. The van der Waals surface area contributed by atoms with Gasteiger partial charge in [0.15, 0.2) is 0 Å². The van der Waals surface area contributed by atoms with Gasteiger partial charge in [0.25, 0.3) is 5.91 Å². The van der Waals surface area contributed by atoms with Crippen LogP contribution in [0.5, 0.6) is 0 Å². The molecule has 1 rings (SSSR count). The van der Waals surface area contributed by atoms with E-state index in [9.17, 15) is 14.4 Å². The highest BCUT2D eigenvalue weighted by Crippen LogP contribution is 2.09. The number of hydrogen-bond donors (Lipinski definition) is 4. The summed E-state index contributed by atoms with van der Waals surface area (Å²) in [6, 6.07) is 5.58. The molecule has 0 radical (unpaired) electrons. The molecule has 0 heterocycles. The van der Waals surface area contributed by atoms with Crippen LogP contribution in [0.3, 0.4) is 0 Å². The van der Waals surface area contributed by atoms with E-state index in [-0.39, 0.29) is 17.7 Å². The van der Waals surface area contributed by atoms with Crippen LogP contribution in [0.2, 0.25) is 0 Å². The molecule has 114 valence electrons. The van der Waals surface area contributed by atoms with Gasteiger partial charge in [0, 0.05) is 6.54 Å². The van der Waals surface area contributed by atoms with Crippen molar-refractivity contribution in [2.24, 2.45) is 5.73 Å². The molecule has 0 aliphatic rings. The predicted molar refractivity (Wildman–Crippen MR) is 73.9 cm³/mol. The van der Waals surface area contributed by atoms with E-state index >= 15 is 0 Å². The molecule has 8 nitrogen and oxygen atoms in total. The molecule has 5 N–H and O–H groups in total. The Bertz CT molecular complexity index is 532. The van der Waals surface area contributed by atoms with Crippen LogP contribution in [0, 0.1) is 0 Å². The number of aromatic carboxylic acids is 1. The lowest BCUT2D eigenvalue weighted by Crippen LogP contribution is -2.46. The third kappa shape index (κ3) is 4.77. The standard InChI is InChI=1S/C13H17N3O5/c14-7-3-4-8-16(13(20)21)15-11(17)9-5-1-2-6-10(9)12(18)19/h1-2,5-6H,3-4,7-8,14H2,(H,15,17)(H,18,19)(H,20,21). The first kappa shape index (κ1) is 16.4. The van der Waals surface area contributed by atoms with E-state index in [0.29, 0.717) is 19.4 Å². The molecule has 0 unspecified atom stereocenters. The topological polar surface area (TPSA) is 133 Å². The Kier molecular flexibility index (Phi) is 6.15. The number of carboxylic acid groups (broad SMARTS) is 2. The van der Waals surface area contributed by atoms with Gasteiger partial charge in [-0.1, -0.05) is 12.1 Å². The molecule has 0 aliphatic heterocycles. The van der Waals surface area contributed by atoms with Crippen LogP contribution < -0.4 is 11.2 Å². The van der Waals surface area contributed by atoms with Crippen LogP contribution >= 0.6 is 0 Å². The number of carboxylic acids is 1. The Hall–Kier alpha value is -2.61. The summed E-state index contributed by atoms with van der Waals surface area (Å²) < 4.78 is 0. The molecule has 0 saturated heterocycles. The Morgan fingerprint density at radius 2 is 1.71 bits per heavy atom. The fraction of sp³-hybridized carbons (Fsp3) is 0.308. The monoisotopic (exact) mass is 295 g/mol. The highest BCUT2D eigenvalue weighted by atomic mass is 16.4. The van der Waals surface area contributed by atoms with Crippen molar-refractivity contribution in [3.05, 3.63) is 35.4 Å². The Labute approximate surface area is 121 Å². The second kappa shape index (κ2) is 7.85. The van der Waals surface area contributed by atoms with Crippen molar-refractivity contribution in [1.29, 1.82) is 0 Å². The number of nitrogens with zero attached hydrogens (tertiary/aromatic N) is 1. The van der Waals surface area contributed by atoms with Gasteiger partial charge in [0.2, 0.25) is 0 Å². The molecule has 0 spiro atoms. The molecule has 0 aliphatic carbocycles. The van der Waals surface area contributed by atoms with E-state index in [0.717, 1.165) is 5.01 Å². The van der Waals surface area contributed by atoms with Crippen LogP contribution in [0.25, 0.3) is 0 Å². The lowest BCUT2D eigenvalue weighted by Gasteiger charge is -2.20. The third-order valence-electron chi connectivity index (χ3n) is 2.71. The molecule has 2 amide bonds. The summed E-state index contributed by atoms with van der Waals surface area (Å²) in [5.74, 6) is -2.05. The number of nitrogens with one attached hydrogen (secondary N) is 1. The molecule has 0 aromatic heterocycles. The van der Waals surface area contributed by atoms with Crippen molar-refractivity contribution in [1.82, 2.24) is 10.4 Å². The highest BCUT2D eigenvalue weighted by molar-refractivity contribution is 6.04. The number of rotatable bonds is 6. The first-order chi connectivity index (χ1) is 9.97. The molecule has 0 atom stereocenters. The number of unbranched alkanes of at least 4 members (excludes halogenated alkanes) is 1. The van der Waals surface area contributed by atoms with Crippen molar-refractivity contribution in [2.75, 3.05) is 13.1 Å². The van der Waals surface area contributed by atoms with Gasteiger partial charge in [0.1, 0.15) is 0 Å². The molecule has 0 saturated carbocycles. The Morgan fingerprint density at radius 3 is 2.24 bits per heavy atom. The lowest BCUT2D eigenvalue weighted by molar-refractivity contribution is 0.0680. The summed E-state index contributed by atoms with van der Waals surface area (Å²) in [5, 5.41) is 18.7. The van der Waals surface area contributed by atoms with Crippen molar-refractivity contribution >= 4 is 18.0 Å². The average molecular weight is 295 g/mol. The number of nitrogens with two attached hydrogens (primary N) is 1. The fourth-order valence-corrected chi connectivity index (χ4v) is 1.66. The fourth-order valence-electron chi connectivity index (χ4n) is 1.66. The van der Waals surface area contributed by atoms with Gasteiger partial charge in [-0.25, -0.2) is 14.6 Å². The van der Waals surface area contributed by atoms with Crippen LogP contribution in [0.4, 0.5) is 4.79 Å². The summed E-state index contributed by atoms with van der Waals surface area (Å²) >= 11 is 0.